The zero-order valence-corrected chi connectivity index (χ0v) is 16.1. The highest BCUT2D eigenvalue weighted by Gasteiger charge is 2.17. The third-order valence-electron chi connectivity index (χ3n) is 4.05. The van der Waals surface area contributed by atoms with Gasteiger partial charge in [-0.25, -0.2) is 0 Å². The van der Waals surface area contributed by atoms with E-state index in [1.807, 2.05) is 50.2 Å². The molecule has 0 saturated carbocycles. The number of hydrogen-bond acceptors (Lipinski definition) is 4. The van der Waals surface area contributed by atoms with Crippen molar-refractivity contribution in [2.24, 2.45) is 11.7 Å². The molecule has 2 amide bonds. The quantitative estimate of drug-likeness (QED) is 0.685. The number of fused-ring (bicyclic) bond motifs is 1. The van der Waals surface area contributed by atoms with Gasteiger partial charge in [0.25, 0.3) is 0 Å². The predicted octanol–water partition coefficient (Wildman–Crippen LogP) is 1.99. The number of carbonyl (C=O) groups excluding carboxylic acids is 2. The van der Waals surface area contributed by atoms with E-state index in [9.17, 15) is 9.59 Å². The van der Waals surface area contributed by atoms with Gasteiger partial charge in [0.2, 0.25) is 11.8 Å². The lowest BCUT2D eigenvalue weighted by atomic mass is 10.1. The largest absolute Gasteiger partial charge is 0.497 e. The number of rotatable bonds is 7. The lowest BCUT2D eigenvalue weighted by Gasteiger charge is -2.15. The van der Waals surface area contributed by atoms with Gasteiger partial charge in [0, 0.05) is 6.54 Å². The summed E-state index contributed by atoms with van der Waals surface area (Å²) < 4.78 is 5.21. The molecule has 4 N–H and O–H groups in total. The fourth-order valence-electron chi connectivity index (χ4n) is 2.36. The molecule has 0 bridgehead atoms. The Balaban J connectivity index is 0.00000338. The number of nitrogens with two attached hydrogens (primary N) is 1. The Labute approximate surface area is 159 Å². The molecule has 6 nitrogen and oxygen atoms in total. The van der Waals surface area contributed by atoms with Gasteiger partial charge < -0.3 is 21.1 Å². The summed E-state index contributed by atoms with van der Waals surface area (Å²) in [6.45, 7) is 4.04. The topological polar surface area (TPSA) is 93.5 Å². The van der Waals surface area contributed by atoms with Gasteiger partial charge in [0.15, 0.2) is 0 Å². The van der Waals surface area contributed by atoms with Gasteiger partial charge in [-0.15, -0.1) is 12.4 Å². The first-order valence-corrected chi connectivity index (χ1v) is 8.27. The van der Waals surface area contributed by atoms with E-state index in [0.29, 0.717) is 6.54 Å². The fourth-order valence-corrected chi connectivity index (χ4v) is 2.36. The number of halogens is 1. The van der Waals surface area contributed by atoms with Crippen LogP contribution in [0.2, 0.25) is 0 Å². The summed E-state index contributed by atoms with van der Waals surface area (Å²) in [7, 11) is 1.64. The molecule has 142 valence electrons. The maximum absolute atomic E-state index is 11.9. The summed E-state index contributed by atoms with van der Waals surface area (Å²) in [6.07, 6.45) is 0. The summed E-state index contributed by atoms with van der Waals surface area (Å²) in [5, 5.41) is 7.49. The maximum Gasteiger partial charge on any atom is 0.239 e. The minimum atomic E-state index is -0.606. The van der Waals surface area contributed by atoms with Crippen LogP contribution in [0.5, 0.6) is 5.75 Å². The minimum absolute atomic E-state index is 0. The standard InChI is InChI=1S/C19H25N3O3.ClH/c1-12(2)18(20)19(24)22-11-17(23)21-10-13-4-5-15-9-16(25-3)7-6-14(15)8-13;/h4-9,12,18H,10-11,20H2,1-3H3,(H,21,23)(H,22,24);1H/t18-;/m0./s1. The third kappa shape index (κ3) is 5.89. The molecule has 2 aromatic carbocycles. The van der Waals surface area contributed by atoms with Crippen LogP contribution in [-0.4, -0.2) is 31.5 Å². The van der Waals surface area contributed by atoms with Gasteiger partial charge >= 0.3 is 0 Å². The molecule has 0 aromatic heterocycles. The Morgan fingerprint density at radius 2 is 1.73 bits per heavy atom. The van der Waals surface area contributed by atoms with Crippen LogP contribution in [0.3, 0.4) is 0 Å². The lowest BCUT2D eigenvalue weighted by Crippen LogP contribution is -2.47. The van der Waals surface area contributed by atoms with Crippen molar-refractivity contribution in [1.29, 1.82) is 0 Å². The van der Waals surface area contributed by atoms with Crippen molar-refractivity contribution in [1.82, 2.24) is 10.6 Å². The van der Waals surface area contributed by atoms with Crippen molar-refractivity contribution in [3.8, 4) is 5.75 Å². The first-order valence-electron chi connectivity index (χ1n) is 8.27. The molecule has 0 unspecified atom stereocenters. The van der Waals surface area contributed by atoms with Crippen LogP contribution >= 0.6 is 12.4 Å². The van der Waals surface area contributed by atoms with Crippen LogP contribution < -0.4 is 21.1 Å². The second kappa shape index (κ2) is 9.99. The van der Waals surface area contributed by atoms with Crippen LogP contribution in [0.4, 0.5) is 0 Å². The number of nitrogens with one attached hydrogen (secondary N) is 2. The van der Waals surface area contributed by atoms with E-state index >= 15 is 0 Å². The summed E-state index contributed by atoms with van der Waals surface area (Å²) in [5.41, 5.74) is 6.71. The van der Waals surface area contributed by atoms with Crippen LogP contribution in [0.1, 0.15) is 19.4 Å². The van der Waals surface area contributed by atoms with Crippen molar-refractivity contribution in [3.05, 3.63) is 42.0 Å². The average molecular weight is 380 g/mol. The zero-order chi connectivity index (χ0) is 18.4. The third-order valence-corrected chi connectivity index (χ3v) is 4.05. The molecule has 0 aliphatic carbocycles. The van der Waals surface area contributed by atoms with Gasteiger partial charge in [0.1, 0.15) is 5.75 Å². The lowest BCUT2D eigenvalue weighted by molar-refractivity contribution is -0.127. The number of methoxy groups -OCH3 is 1. The number of amides is 2. The molecule has 0 spiro atoms. The SMILES string of the molecule is COc1ccc2cc(CNC(=O)CNC(=O)[C@@H](N)C(C)C)ccc2c1.Cl. The minimum Gasteiger partial charge on any atom is -0.497 e. The molecule has 0 radical (unpaired) electrons. The molecular formula is C19H26ClN3O3. The Bertz CT molecular complexity index is 765. The fraction of sp³-hybridized carbons (Fsp3) is 0.368. The van der Waals surface area contributed by atoms with Crippen LogP contribution in [0.15, 0.2) is 36.4 Å². The highest BCUT2D eigenvalue weighted by Crippen LogP contribution is 2.21. The van der Waals surface area contributed by atoms with Crippen LogP contribution in [-0.2, 0) is 16.1 Å². The zero-order valence-electron chi connectivity index (χ0n) is 15.2. The van der Waals surface area contributed by atoms with Crippen molar-refractivity contribution in [2.75, 3.05) is 13.7 Å². The second-order valence-corrected chi connectivity index (χ2v) is 6.31. The van der Waals surface area contributed by atoms with Gasteiger partial charge in [-0.05, 0) is 40.5 Å². The predicted molar refractivity (Wildman–Crippen MR) is 105 cm³/mol. The van der Waals surface area contributed by atoms with E-state index in [1.54, 1.807) is 7.11 Å². The van der Waals surface area contributed by atoms with Crippen LogP contribution in [0.25, 0.3) is 10.8 Å². The summed E-state index contributed by atoms with van der Waals surface area (Å²) in [6, 6.07) is 11.2. The summed E-state index contributed by atoms with van der Waals surface area (Å²) in [4.78, 5) is 23.6. The molecule has 26 heavy (non-hydrogen) atoms. The first kappa shape index (κ1) is 21.7. The average Bonchev–Trinajstić information content (AvgIpc) is 2.62. The van der Waals surface area contributed by atoms with E-state index < -0.39 is 6.04 Å². The first-order chi connectivity index (χ1) is 11.9. The molecule has 0 fully saturated rings. The number of benzene rings is 2. The molecule has 0 heterocycles. The monoisotopic (exact) mass is 379 g/mol. The number of hydrogen-bond donors (Lipinski definition) is 3. The van der Waals surface area contributed by atoms with E-state index in [0.717, 1.165) is 22.1 Å². The molecule has 2 rings (SSSR count). The molecule has 2 aromatic rings. The van der Waals surface area contributed by atoms with E-state index in [1.165, 1.54) is 0 Å². The Kier molecular flexibility index (Phi) is 8.35. The van der Waals surface area contributed by atoms with Crippen molar-refractivity contribution >= 4 is 35.0 Å². The highest BCUT2D eigenvalue weighted by atomic mass is 35.5. The normalized spacial score (nSPS) is 11.6. The molecular weight excluding hydrogens is 354 g/mol. The van der Waals surface area contributed by atoms with Crippen molar-refractivity contribution in [3.63, 3.8) is 0 Å². The molecule has 1 atom stereocenters. The second-order valence-electron chi connectivity index (χ2n) is 6.31. The van der Waals surface area contributed by atoms with Gasteiger partial charge in [-0.3, -0.25) is 9.59 Å². The smallest absolute Gasteiger partial charge is 0.239 e. The number of ether oxygens (including phenoxy) is 1. The van der Waals surface area contributed by atoms with E-state index in [2.05, 4.69) is 10.6 Å². The van der Waals surface area contributed by atoms with Crippen molar-refractivity contribution < 1.29 is 14.3 Å². The summed E-state index contributed by atoms with van der Waals surface area (Å²) in [5.74, 6) is 0.270. The van der Waals surface area contributed by atoms with E-state index in [4.69, 9.17) is 10.5 Å². The molecule has 0 saturated heterocycles. The van der Waals surface area contributed by atoms with Crippen molar-refractivity contribution in [2.45, 2.75) is 26.4 Å². The van der Waals surface area contributed by atoms with Gasteiger partial charge in [-0.2, -0.15) is 0 Å². The Hall–Kier alpha value is -2.31. The Morgan fingerprint density at radius 1 is 1.08 bits per heavy atom. The Morgan fingerprint density at radius 3 is 2.38 bits per heavy atom. The van der Waals surface area contributed by atoms with Gasteiger partial charge in [-0.1, -0.05) is 32.0 Å². The van der Waals surface area contributed by atoms with Crippen LogP contribution in [0, 0.1) is 5.92 Å². The maximum atomic E-state index is 11.9. The van der Waals surface area contributed by atoms with E-state index in [-0.39, 0.29) is 36.7 Å². The highest BCUT2D eigenvalue weighted by molar-refractivity contribution is 5.87. The molecule has 0 aliphatic rings. The van der Waals surface area contributed by atoms with Gasteiger partial charge in [0.05, 0.1) is 19.7 Å². The molecule has 7 heteroatoms. The molecule has 0 aliphatic heterocycles. The number of carbonyl (C=O) groups is 2. The summed E-state index contributed by atoms with van der Waals surface area (Å²) >= 11 is 0.